The summed E-state index contributed by atoms with van der Waals surface area (Å²) in [7, 11) is 1.35. The molecule has 8 unspecified atom stereocenters. The second-order valence-electron chi connectivity index (χ2n) is 16.9. The van der Waals surface area contributed by atoms with Gasteiger partial charge in [-0.15, -0.1) is 0 Å². The van der Waals surface area contributed by atoms with E-state index < -0.39 is 34.4 Å². The molecular formula is C42H51N3O7. The highest BCUT2D eigenvalue weighted by Gasteiger charge is 2.86. The first-order valence-corrected chi connectivity index (χ1v) is 18.6. The zero-order valence-electron chi connectivity index (χ0n) is 31.8. The molecule has 10 heteroatoms. The quantitative estimate of drug-likeness (QED) is 0.161. The maximum atomic E-state index is 15.2. The van der Waals surface area contributed by atoms with Crippen LogP contribution in [-0.4, -0.2) is 55.9 Å². The second-order valence-corrected chi connectivity index (χ2v) is 16.9. The Morgan fingerprint density at radius 2 is 1.85 bits per heavy atom. The summed E-state index contributed by atoms with van der Waals surface area (Å²) in [5, 5.41) is 16.2. The molecule has 2 N–H and O–H groups in total. The molecule has 0 amide bonds. The molecule has 8 atom stereocenters. The van der Waals surface area contributed by atoms with Gasteiger partial charge in [-0.2, -0.15) is 0 Å². The van der Waals surface area contributed by atoms with E-state index in [1.165, 1.54) is 12.7 Å². The van der Waals surface area contributed by atoms with Gasteiger partial charge in [0, 0.05) is 47.7 Å². The topological polar surface area (TPSA) is 121 Å². The number of fused-ring (bicyclic) bond motifs is 4. The third-order valence-electron chi connectivity index (χ3n) is 12.7. The summed E-state index contributed by atoms with van der Waals surface area (Å²) in [4.78, 5) is 32.6. The Morgan fingerprint density at radius 3 is 2.56 bits per heavy atom. The van der Waals surface area contributed by atoms with Gasteiger partial charge < -0.3 is 33.9 Å². The van der Waals surface area contributed by atoms with Crippen LogP contribution in [0.15, 0.2) is 53.4 Å². The van der Waals surface area contributed by atoms with Gasteiger partial charge in [0.1, 0.15) is 22.8 Å². The van der Waals surface area contributed by atoms with E-state index in [4.69, 9.17) is 23.9 Å². The highest BCUT2D eigenvalue weighted by molar-refractivity contribution is 5.96. The summed E-state index contributed by atoms with van der Waals surface area (Å²) in [5.41, 5.74) is 0.978. The summed E-state index contributed by atoms with van der Waals surface area (Å²) in [6.45, 7) is 16.2. The Balaban J connectivity index is 1.39. The van der Waals surface area contributed by atoms with E-state index in [2.05, 4.69) is 76.6 Å². The van der Waals surface area contributed by atoms with Crippen LogP contribution >= 0.6 is 0 Å². The number of hydrogen-bond donors (Lipinski definition) is 2. The lowest BCUT2D eigenvalue weighted by atomic mass is 9.44. The molecule has 4 bridgehead atoms. The predicted octanol–water partition coefficient (Wildman–Crippen LogP) is 7.74. The smallest absolute Gasteiger partial charge is 0.333 e. The summed E-state index contributed by atoms with van der Waals surface area (Å²) < 4.78 is 28.9. The number of nitrogens with zero attached hydrogens (tertiary/aromatic N) is 2. The molecule has 0 radical (unpaired) electrons. The number of ketones is 1. The average Bonchev–Trinajstić information content (AvgIpc) is 3.61. The number of nitrogens with one attached hydrogen (secondary N) is 1. The number of allylic oxidation sites excluding steroid dienone is 4. The number of phenols is 1. The van der Waals surface area contributed by atoms with E-state index in [0.717, 1.165) is 24.0 Å². The van der Waals surface area contributed by atoms with Crippen molar-refractivity contribution < 1.29 is 33.6 Å². The second kappa shape index (κ2) is 11.6. The van der Waals surface area contributed by atoms with E-state index >= 15 is 4.79 Å². The first-order chi connectivity index (χ1) is 24.6. The molecule has 4 aliphatic heterocycles. The fourth-order valence-electron chi connectivity index (χ4n) is 10.5. The highest BCUT2D eigenvalue weighted by atomic mass is 16.6. The number of ether oxygens (including phenoxy) is 4. The standard InChI is InChI=1S/C42H51N3O7/c1-22(2)11-10-16-40(8)17-15-25-33(46)29-31-30-32(45-20-19-43-38(45)44-31)27-21-28-39(6,7)52-41(36(27)47,18-14-24(5)37(48)49-9)42(28,30)51-35(29)26(34(25)50-40)13-12-23(3)4/h11-12,14-15,17,19-20,27-28,30-32,46H,10,13,16,18,21H2,1-9H3,(H,43,44)/b24-14-. The Hall–Kier alpha value is -4.31. The number of carbonyl (C=O) groups excluding carboxylic acids is 2. The van der Waals surface area contributed by atoms with E-state index in [9.17, 15) is 9.90 Å². The number of aromatic hydroxyl groups is 1. The molecular weight excluding hydrogens is 658 g/mol. The van der Waals surface area contributed by atoms with Gasteiger partial charge in [0.2, 0.25) is 5.95 Å². The first kappa shape index (κ1) is 34.8. The van der Waals surface area contributed by atoms with Gasteiger partial charge in [0.25, 0.3) is 0 Å². The van der Waals surface area contributed by atoms with Crippen LogP contribution in [0, 0.1) is 17.8 Å². The van der Waals surface area contributed by atoms with Crippen LogP contribution < -0.4 is 14.8 Å². The fraction of sp³-hybridized carbons (Fsp3) is 0.548. The number of Topliss-reactive ketones (excluding diaryl/α,β-unsaturated/α-hetero) is 1. The molecule has 5 heterocycles. The van der Waals surface area contributed by atoms with Crippen molar-refractivity contribution in [1.29, 1.82) is 0 Å². The van der Waals surface area contributed by atoms with Crippen LogP contribution in [-0.2, 0) is 25.5 Å². The molecule has 9 rings (SSSR count). The van der Waals surface area contributed by atoms with Gasteiger partial charge in [-0.3, -0.25) is 4.79 Å². The number of carbonyl (C=O) groups is 2. The number of esters is 1. The van der Waals surface area contributed by atoms with E-state index in [0.29, 0.717) is 47.0 Å². The Kier molecular flexibility index (Phi) is 7.75. The molecule has 10 nitrogen and oxygen atoms in total. The maximum absolute atomic E-state index is 15.2. The Labute approximate surface area is 305 Å². The zero-order chi connectivity index (χ0) is 37.1. The van der Waals surface area contributed by atoms with Crippen LogP contribution in [0.4, 0.5) is 5.95 Å². The van der Waals surface area contributed by atoms with E-state index in [-0.39, 0.29) is 41.7 Å². The number of imidazole rings is 1. The highest BCUT2D eigenvalue weighted by Crippen LogP contribution is 2.75. The van der Waals surface area contributed by atoms with Crippen molar-refractivity contribution in [3.05, 3.63) is 70.1 Å². The first-order valence-electron chi connectivity index (χ1n) is 18.6. The number of aromatic nitrogens is 2. The molecule has 1 aromatic carbocycles. The van der Waals surface area contributed by atoms with Crippen molar-refractivity contribution in [2.75, 3.05) is 12.4 Å². The lowest BCUT2D eigenvalue weighted by Gasteiger charge is -2.66. The van der Waals surface area contributed by atoms with Gasteiger partial charge >= 0.3 is 5.97 Å². The SMILES string of the molecule is COC(=O)/C(C)=C\CC12OC(C)(C)C3CC(C1=O)C1C4C(Nc5nccn51)c1c(O)c5c(c(CC=C(C)C)c1OC432)OC(C)(CCC=C(C)C)C=C5. The van der Waals surface area contributed by atoms with E-state index in [1.807, 2.05) is 12.3 Å². The summed E-state index contributed by atoms with van der Waals surface area (Å²) >= 11 is 0. The molecule has 2 aromatic rings. The molecule has 276 valence electrons. The third-order valence-corrected chi connectivity index (χ3v) is 12.7. The Morgan fingerprint density at radius 1 is 1.10 bits per heavy atom. The van der Waals surface area contributed by atoms with Crippen molar-refractivity contribution in [1.82, 2.24) is 9.55 Å². The molecule has 3 saturated carbocycles. The minimum Gasteiger partial charge on any atom is -0.507 e. The number of rotatable bonds is 8. The molecule has 1 spiro atoms. The average molecular weight is 710 g/mol. The van der Waals surface area contributed by atoms with Gasteiger partial charge in [-0.25, -0.2) is 9.78 Å². The lowest BCUT2D eigenvalue weighted by molar-refractivity contribution is -0.223. The molecule has 4 fully saturated rings. The van der Waals surface area contributed by atoms with Crippen LogP contribution in [0.3, 0.4) is 0 Å². The van der Waals surface area contributed by atoms with Crippen molar-refractivity contribution >= 4 is 23.8 Å². The van der Waals surface area contributed by atoms with Crippen LogP contribution in [0.2, 0.25) is 0 Å². The fourth-order valence-corrected chi connectivity index (χ4v) is 10.5. The number of phenolic OH excluding ortho intramolecular Hbond substituents is 1. The molecule has 1 aromatic heterocycles. The molecule has 3 aliphatic carbocycles. The molecule has 52 heavy (non-hydrogen) atoms. The predicted molar refractivity (Wildman–Crippen MR) is 197 cm³/mol. The van der Waals surface area contributed by atoms with Crippen LogP contribution in [0.25, 0.3) is 6.08 Å². The molecule has 1 saturated heterocycles. The van der Waals surface area contributed by atoms with Crippen LogP contribution in [0.5, 0.6) is 17.2 Å². The number of benzene rings is 1. The maximum Gasteiger partial charge on any atom is 0.333 e. The van der Waals surface area contributed by atoms with E-state index in [1.54, 1.807) is 19.2 Å². The number of hydrogen-bond acceptors (Lipinski definition) is 9. The number of methoxy groups -OCH3 is 1. The monoisotopic (exact) mass is 709 g/mol. The van der Waals surface area contributed by atoms with Crippen molar-refractivity contribution in [2.24, 2.45) is 17.8 Å². The summed E-state index contributed by atoms with van der Waals surface area (Å²) in [5.74, 6) is 0.523. The van der Waals surface area contributed by atoms with Crippen molar-refractivity contribution in [3.8, 4) is 17.2 Å². The minimum absolute atomic E-state index is 0.0210. The van der Waals surface area contributed by atoms with Gasteiger partial charge in [0.15, 0.2) is 17.0 Å². The van der Waals surface area contributed by atoms with Gasteiger partial charge in [-0.1, -0.05) is 29.4 Å². The summed E-state index contributed by atoms with van der Waals surface area (Å²) in [6.07, 6.45) is 16.7. The summed E-state index contributed by atoms with van der Waals surface area (Å²) in [6, 6.07) is -0.737. The minimum atomic E-state index is -1.41. The normalized spacial score (nSPS) is 33.8. The van der Waals surface area contributed by atoms with Crippen LogP contribution in [0.1, 0.15) is 110 Å². The molecule has 7 aliphatic rings. The number of anilines is 1. The van der Waals surface area contributed by atoms with Crippen molar-refractivity contribution in [2.45, 2.75) is 122 Å². The third kappa shape index (κ3) is 4.61. The van der Waals surface area contributed by atoms with Crippen molar-refractivity contribution in [3.63, 3.8) is 0 Å². The zero-order valence-corrected chi connectivity index (χ0v) is 31.8. The van der Waals surface area contributed by atoms with Gasteiger partial charge in [0.05, 0.1) is 35.9 Å². The Bertz CT molecular complexity index is 2010. The lowest BCUT2D eigenvalue weighted by Crippen LogP contribution is -2.79. The van der Waals surface area contributed by atoms with Gasteiger partial charge in [-0.05, 0) is 93.2 Å². The largest absolute Gasteiger partial charge is 0.507 e.